The van der Waals surface area contributed by atoms with Gasteiger partial charge in [0.25, 0.3) is 5.96 Å². The number of nitrogens with one attached hydrogen (secondary N) is 3. The molecule has 202 valence electrons. The molecule has 0 aromatic heterocycles. The van der Waals surface area contributed by atoms with E-state index in [1.54, 1.807) is 5.43 Å². The number of aliphatic imine (C=N–C) groups is 1. The molecule has 0 radical (unpaired) electrons. The van der Waals surface area contributed by atoms with Crippen molar-refractivity contribution >= 4 is 25.1 Å². The summed E-state index contributed by atoms with van der Waals surface area (Å²) >= 11 is 0. The molecule has 0 aliphatic heterocycles. The molecule has 0 saturated carbocycles. The van der Waals surface area contributed by atoms with Gasteiger partial charge in [-0.1, -0.05) is 64.7 Å². The van der Waals surface area contributed by atoms with E-state index >= 15 is 0 Å². The van der Waals surface area contributed by atoms with Crippen LogP contribution in [0.1, 0.15) is 91.4 Å². The summed E-state index contributed by atoms with van der Waals surface area (Å²) in [6.45, 7) is 6.03. The first-order valence-corrected chi connectivity index (χ1v) is 12.4. The van der Waals surface area contributed by atoms with Gasteiger partial charge in [-0.05, 0) is 31.6 Å². The Balaban J connectivity index is 4.92. The third-order valence-electron chi connectivity index (χ3n) is 5.07. The summed E-state index contributed by atoms with van der Waals surface area (Å²) in [5.74, 6) is -1.07. The summed E-state index contributed by atoms with van der Waals surface area (Å²) in [6, 6.07) is -0.916. The van der Waals surface area contributed by atoms with Crippen molar-refractivity contribution in [2.75, 3.05) is 6.54 Å². The molecular weight excluding hydrogens is 459 g/mol. The molecule has 0 rings (SSSR count). The van der Waals surface area contributed by atoms with Crippen LogP contribution in [0.25, 0.3) is 0 Å². The van der Waals surface area contributed by atoms with Crippen molar-refractivity contribution in [3.05, 3.63) is 10.1 Å². The van der Waals surface area contributed by atoms with E-state index < -0.39 is 30.5 Å². The van der Waals surface area contributed by atoms with E-state index in [-0.39, 0.29) is 37.2 Å². The van der Waals surface area contributed by atoms with Gasteiger partial charge < -0.3 is 31.1 Å². The first kappa shape index (κ1) is 32.6. The second-order valence-corrected chi connectivity index (χ2v) is 8.86. The highest BCUT2D eigenvalue weighted by atomic mass is 16.7. The molecule has 2 atom stereocenters. The highest BCUT2D eigenvalue weighted by Crippen LogP contribution is 2.10. The first-order valence-electron chi connectivity index (χ1n) is 12.4. The van der Waals surface area contributed by atoms with E-state index in [0.29, 0.717) is 12.8 Å². The van der Waals surface area contributed by atoms with Crippen LogP contribution in [0.4, 0.5) is 0 Å². The van der Waals surface area contributed by atoms with Gasteiger partial charge in [-0.15, -0.1) is 0 Å². The van der Waals surface area contributed by atoms with Crippen molar-refractivity contribution in [3.63, 3.8) is 0 Å². The summed E-state index contributed by atoms with van der Waals surface area (Å²) in [7, 11) is -2.06. The average molecular weight is 502 g/mol. The molecule has 0 aliphatic rings. The van der Waals surface area contributed by atoms with Crippen molar-refractivity contribution in [3.8, 4) is 0 Å². The van der Waals surface area contributed by atoms with Crippen LogP contribution in [-0.4, -0.2) is 59.0 Å². The molecule has 0 aromatic rings. The maximum absolute atomic E-state index is 12.9. The Kier molecular flexibility index (Phi) is 18.4. The highest BCUT2D eigenvalue weighted by molar-refractivity contribution is 6.32. The molecule has 35 heavy (non-hydrogen) atoms. The normalized spacial score (nSPS) is 13.3. The number of nitrogens with two attached hydrogens (primary N) is 1. The van der Waals surface area contributed by atoms with Gasteiger partial charge in [0.1, 0.15) is 12.3 Å². The second kappa shape index (κ2) is 19.8. The fraction of sp³-hybridized carbons (Fsp3) is 0.857. The number of carbonyl (C=O) groups excluding carboxylic acids is 2. The van der Waals surface area contributed by atoms with E-state index in [1.165, 1.54) is 19.3 Å². The average Bonchev–Trinajstić information content (AvgIpc) is 2.73. The van der Waals surface area contributed by atoms with Gasteiger partial charge in [0.15, 0.2) is 5.03 Å². The standard InChI is InChI=1S/C21H43BN6O7/c1-4-5-6-7-8-9-10-13-18(29)25-17(12-11-14-24-21(23)27-28(33)34)20(30)26-19(15-16(2)3)35-22(31)32/h16-17,19,31-32H,4-15H2,1-3H3,(H,25,29)(H,26,30)(H3,23,24,27)/t17-,19+/m0/s1. The first-order chi connectivity index (χ1) is 16.5. The number of carbonyl (C=O) groups is 2. The minimum absolute atomic E-state index is 0.0934. The van der Waals surface area contributed by atoms with Gasteiger partial charge in [-0.2, -0.15) is 0 Å². The number of amides is 2. The molecule has 14 heteroatoms. The molecule has 7 N–H and O–H groups in total. The van der Waals surface area contributed by atoms with Crippen LogP contribution in [0.3, 0.4) is 0 Å². The quantitative estimate of drug-likeness (QED) is 0.0267. The number of rotatable bonds is 20. The van der Waals surface area contributed by atoms with Crippen molar-refractivity contribution in [2.24, 2.45) is 16.6 Å². The van der Waals surface area contributed by atoms with Gasteiger partial charge in [0.2, 0.25) is 11.8 Å². The summed E-state index contributed by atoms with van der Waals surface area (Å²) in [5.41, 5.74) is 7.11. The Labute approximate surface area is 207 Å². The van der Waals surface area contributed by atoms with E-state index in [2.05, 4.69) is 22.5 Å². The Hall–Kier alpha value is -2.45. The molecular formula is C21H43BN6O7. The van der Waals surface area contributed by atoms with E-state index in [9.17, 15) is 19.7 Å². The number of hydrazine groups is 1. The molecule has 0 aliphatic carbocycles. The molecule has 0 heterocycles. The molecule has 0 unspecified atom stereocenters. The van der Waals surface area contributed by atoms with Crippen molar-refractivity contribution in [1.29, 1.82) is 0 Å². The van der Waals surface area contributed by atoms with Crippen LogP contribution >= 0.6 is 0 Å². The Morgan fingerprint density at radius 1 is 1.09 bits per heavy atom. The van der Waals surface area contributed by atoms with Gasteiger partial charge in [-0.25, -0.2) is 15.1 Å². The smallest absolute Gasteiger partial charge is 0.402 e. The predicted octanol–water partition coefficient (Wildman–Crippen LogP) is 0.963. The van der Waals surface area contributed by atoms with Crippen LogP contribution in [0, 0.1) is 16.0 Å². The summed E-state index contributed by atoms with van der Waals surface area (Å²) < 4.78 is 4.96. The maximum Gasteiger partial charge on any atom is 0.635 e. The molecule has 13 nitrogen and oxygen atoms in total. The van der Waals surface area contributed by atoms with Crippen LogP contribution in [-0.2, 0) is 14.2 Å². The lowest BCUT2D eigenvalue weighted by Gasteiger charge is -2.25. The van der Waals surface area contributed by atoms with Crippen LogP contribution in [0.2, 0.25) is 0 Å². The highest BCUT2D eigenvalue weighted by Gasteiger charge is 2.26. The molecule has 2 amide bonds. The summed E-state index contributed by atoms with van der Waals surface area (Å²) in [6.07, 6.45) is 7.61. The zero-order valence-corrected chi connectivity index (χ0v) is 21.2. The fourth-order valence-electron chi connectivity index (χ4n) is 3.38. The zero-order chi connectivity index (χ0) is 26.6. The molecule has 0 fully saturated rings. The Morgan fingerprint density at radius 2 is 1.71 bits per heavy atom. The number of nitrogens with zero attached hydrogens (tertiary/aromatic N) is 2. The summed E-state index contributed by atoms with van der Waals surface area (Å²) in [5, 5.41) is 33.2. The monoisotopic (exact) mass is 502 g/mol. The molecule has 0 spiro atoms. The van der Waals surface area contributed by atoms with Crippen LogP contribution < -0.4 is 21.8 Å². The molecule has 0 saturated heterocycles. The topological polar surface area (TPSA) is 201 Å². The summed E-state index contributed by atoms with van der Waals surface area (Å²) in [4.78, 5) is 39.5. The number of guanidine groups is 1. The van der Waals surface area contributed by atoms with Crippen molar-refractivity contribution in [2.45, 2.75) is 104 Å². The van der Waals surface area contributed by atoms with Gasteiger partial charge in [-0.3, -0.25) is 9.59 Å². The second-order valence-electron chi connectivity index (χ2n) is 8.86. The third-order valence-corrected chi connectivity index (χ3v) is 5.07. The van der Waals surface area contributed by atoms with Crippen LogP contribution in [0.15, 0.2) is 4.99 Å². The van der Waals surface area contributed by atoms with E-state index in [4.69, 9.17) is 20.4 Å². The number of hydrogen-bond donors (Lipinski definition) is 6. The van der Waals surface area contributed by atoms with Crippen molar-refractivity contribution < 1.29 is 29.3 Å². The van der Waals surface area contributed by atoms with E-state index in [0.717, 1.165) is 25.7 Å². The van der Waals surface area contributed by atoms with Gasteiger partial charge >= 0.3 is 7.32 Å². The minimum Gasteiger partial charge on any atom is -0.402 e. The fourth-order valence-corrected chi connectivity index (χ4v) is 3.38. The minimum atomic E-state index is -2.06. The SMILES string of the molecule is CCCCCCCCCC(=O)N[C@@H](CCCN=C(N)N[N+](=O)[O-])C(=O)N[C@@H](CC(C)C)OB(O)O. The molecule has 0 aromatic carbocycles. The van der Waals surface area contributed by atoms with Gasteiger partial charge in [0.05, 0.1) is 0 Å². The number of unbranched alkanes of at least 4 members (excludes halogenated alkanes) is 6. The molecule has 0 bridgehead atoms. The number of hydrogen-bond acceptors (Lipinski definition) is 8. The third kappa shape index (κ3) is 19.5. The van der Waals surface area contributed by atoms with Crippen LogP contribution in [0.5, 0.6) is 0 Å². The number of nitro groups is 1. The lowest BCUT2D eigenvalue weighted by molar-refractivity contribution is -0.525. The Bertz CT molecular complexity index is 642. The zero-order valence-electron chi connectivity index (χ0n) is 21.2. The van der Waals surface area contributed by atoms with Gasteiger partial charge in [0, 0.05) is 13.0 Å². The lowest BCUT2D eigenvalue weighted by Crippen LogP contribution is -2.51. The largest absolute Gasteiger partial charge is 0.635 e. The van der Waals surface area contributed by atoms with E-state index in [1.807, 2.05) is 13.8 Å². The predicted molar refractivity (Wildman–Crippen MR) is 133 cm³/mol. The maximum atomic E-state index is 12.9. The van der Waals surface area contributed by atoms with Crippen molar-refractivity contribution in [1.82, 2.24) is 16.1 Å². The Morgan fingerprint density at radius 3 is 2.29 bits per heavy atom. The lowest BCUT2D eigenvalue weighted by atomic mass is 10.1.